The summed E-state index contributed by atoms with van der Waals surface area (Å²) in [6, 6.07) is 9.05. The molecule has 11 nitrogen and oxygen atoms in total. The minimum atomic E-state index is -0.960. The first-order valence-corrected chi connectivity index (χ1v) is 6.04. The van der Waals surface area contributed by atoms with Crippen molar-refractivity contribution in [3.05, 3.63) is 72.8 Å². The van der Waals surface area contributed by atoms with E-state index in [-0.39, 0.29) is 5.69 Å². The molecule has 0 heterocycles. The van der Waals surface area contributed by atoms with Gasteiger partial charge in [-0.05, 0) is 12.1 Å². The number of para-hydroxylation sites is 1. The zero-order valence-corrected chi connectivity index (χ0v) is 11.4. The average molecular weight is 319 g/mol. The van der Waals surface area contributed by atoms with E-state index in [1.54, 1.807) is 18.2 Å². The van der Waals surface area contributed by atoms with Crippen molar-refractivity contribution < 1.29 is 14.8 Å². The molecule has 2 aromatic rings. The predicted molar refractivity (Wildman–Crippen MR) is 79.2 cm³/mol. The molecule has 2 aromatic carbocycles. The van der Waals surface area contributed by atoms with Crippen LogP contribution >= 0.6 is 0 Å². The molecule has 2 N–H and O–H groups in total. The maximum Gasteiger partial charge on any atom is 0.308 e. The van der Waals surface area contributed by atoms with E-state index in [1.165, 1.54) is 12.1 Å². The normalized spacial score (nSPS) is 10.1. The zero-order valence-electron chi connectivity index (χ0n) is 11.4. The molecule has 0 unspecified atom stereocenters. The second-order valence-corrected chi connectivity index (χ2v) is 4.31. The first kappa shape index (κ1) is 15.8. The number of non-ortho nitro benzene ring substituents is 1. The highest BCUT2D eigenvalue weighted by Crippen LogP contribution is 2.42. The maximum atomic E-state index is 11.2. The minimum Gasteiger partial charge on any atom is -0.267 e. The van der Waals surface area contributed by atoms with E-state index < -0.39 is 37.5 Å². The molecular formula is C12H9N5O6. The molecule has 0 aliphatic rings. The highest BCUT2D eigenvalue weighted by atomic mass is 16.6. The summed E-state index contributed by atoms with van der Waals surface area (Å²) in [5.41, 5.74) is -2.74. The van der Waals surface area contributed by atoms with E-state index in [0.29, 0.717) is 12.1 Å². The summed E-state index contributed by atoms with van der Waals surface area (Å²) in [5.74, 6) is 5.77. The number of nitro benzene ring substituents is 3. The molecule has 0 spiro atoms. The SMILES string of the molecule is NN(c1ccccc1)c1c([N+](=O)[O-])cc([N+](=O)[O-])cc1[N+](=O)[O-]. The van der Waals surface area contributed by atoms with Crippen LogP contribution in [0.25, 0.3) is 0 Å². The lowest BCUT2D eigenvalue weighted by Gasteiger charge is -2.18. The van der Waals surface area contributed by atoms with E-state index in [0.717, 1.165) is 5.01 Å². The smallest absolute Gasteiger partial charge is 0.267 e. The first-order chi connectivity index (χ1) is 10.8. The lowest BCUT2D eigenvalue weighted by molar-refractivity contribution is -0.402. The zero-order chi connectivity index (χ0) is 17.1. The Bertz CT molecular complexity index is 759. The Labute approximate surface area is 128 Å². The van der Waals surface area contributed by atoms with Crippen LogP contribution in [0.5, 0.6) is 0 Å². The van der Waals surface area contributed by atoms with Crippen molar-refractivity contribution in [3.8, 4) is 0 Å². The van der Waals surface area contributed by atoms with Crippen molar-refractivity contribution >= 4 is 28.4 Å². The molecule has 0 saturated carbocycles. The molecule has 0 fully saturated rings. The lowest BCUT2D eigenvalue weighted by atomic mass is 10.2. The van der Waals surface area contributed by atoms with E-state index in [9.17, 15) is 30.3 Å². The van der Waals surface area contributed by atoms with Gasteiger partial charge in [-0.1, -0.05) is 18.2 Å². The summed E-state index contributed by atoms with van der Waals surface area (Å²) in [6.45, 7) is 0. The quantitative estimate of drug-likeness (QED) is 0.499. The van der Waals surface area contributed by atoms with Gasteiger partial charge in [-0.15, -0.1) is 0 Å². The number of nitrogens with zero attached hydrogens (tertiary/aromatic N) is 4. The van der Waals surface area contributed by atoms with Crippen molar-refractivity contribution in [2.75, 3.05) is 5.01 Å². The monoisotopic (exact) mass is 319 g/mol. The molecule has 118 valence electrons. The molecule has 0 amide bonds. The summed E-state index contributed by atoms with van der Waals surface area (Å²) < 4.78 is 0. The lowest BCUT2D eigenvalue weighted by Crippen LogP contribution is -2.26. The summed E-state index contributed by atoms with van der Waals surface area (Å²) in [4.78, 5) is 30.3. The molecule has 2 rings (SSSR count). The Morgan fingerprint density at radius 3 is 1.70 bits per heavy atom. The number of rotatable bonds is 5. The Morgan fingerprint density at radius 1 is 0.826 bits per heavy atom. The van der Waals surface area contributed by atoms with Crippen LogP contribution in [0.1, 0.15) is 0 Å². The fourth-order valence-corrected chi connectivity index (χ4v) is 1.94. The van der Waals surface area contributed by atoms with Crippen LogP contribution in [-0.4, -0.2) is 14.8 Å². The van der Waals surface area contributed by atoms with Gasteiger partial charge < -0.3 is 0 Å². The number of nitrogens with two attached hydrogens (primary N) is 1. The van der Waals surface area contributed by atoms with Crippen LogP contribution in [-0.2, 0) is 0 Å². The Hall–Kier alpha value is -3.60. The van der Waals surface area contributed by atoms with Crippen LogP contribution in [0.3, 0.4) is 0 Å². The van der Waals surface area contributed by atoms with Gasteiger partial charge in [0.25, 0.3) is 5.69 Å². The second kappa shape index (κ2) is 6.03. The standard InChI is InChI=1S/C12H9N5O6/c13-14(8-4-2-1-3-5-8)12-10(16(20)21)6-9(15(18)19)7-11(12)17(22)23/h1-7H,13H2. The van der Waals surface area contributed by atoms with Gasteiger partial charge in [0, 0.05) is 0 Å². The minimum absolute atomic E-state index is 0.243. The van der Waals surface area contributed by atoms with Crippen LogP contribution in [0.4, 0.5) is 28.4 Å². The average Bonchev–Trinajstić information content (AvgIpc) is 2.53. The van der Waals surface area contributed by atoms with Crippen molar-refractivity contribution in [1.82, 2.24) is 0 Å². The molecular weight excluding hydrogens is 310 g/mol. The van der Waals surface area contributed by atoms with E-state index in [2.05, 4.69) is 0 Å². The van der Waals surface area contributed by atoms with Gasteiger partial charge in [0.15, 0.2) is 0 Å². The van der Waals surface area contributed by atoms with Gasteiger partial charge in [-0.3, -0.25) is 35.4 Å². The number of hydrazine groups is 1. The van der Waals surface area contributed by atoms with Crippen molar-refractivity contribution in [3.63, 3.8) is 0 Å². The van der Waals surface area contributed by atoms with Crippen LogP contribution in [0.2, 0.25) is 0 Å². The largest absolute Gasteiger partial charge is 0.308 e. The molecule has 0 aliphatic heterocycles. The number of nitro groups is 3. The molecule has 11 heteroatoms. The summed E-state index contributed by atoms with van der Waals surface area (Å²) in [6.07, 6.45) is 0. The highest BCUT2D eigenvalue weighted by molar-refractivity contribution is 5.82. The fourth-order valence-electron chi connectivity index (χ4n) is 1.94. The molecule has 0 bridgehead atoms. The second-order valence-electron chi connectivity index (χ2n) is 4.31. The predicted octanol–water partition coefficient (Wildman–Crippen LogP) is 2.42. The molecule has 0 atom stereocenters. The van der Waals surface area contributed by atoms with Gasteiger partial charge in [-0.2, -0.15) is 0 Å². The van der Waals surface area contributed by atoms with Gasteiger partial charge in [0.1, 0.15) is 0 Å². The van der Waals surface area contributed by atoms with Gasteiger partial charge >= 0.3 is 11.4 Å². The topological polar surface area (TPSA) is 159 Å². The van der Waals surface area contributed by atoms with E-state index in [4.69, 9.17) is 5.84 Å². The number of hydrogen-bond donors (Lipinski definition) is 1. The summed E-state index contributed by atoms with van der Waals surface area (Å²) in [5, 5.41) is 33.9. The van der Waals surface area contributed by atoms with Crippen LogP contribution in [0, 0.1) is 30.3 Å². The number of hydrogen-bond acceptors (Lipinski definition) is 8. The maximum absolute atomic E-state index is 11.2. The third kappa shape index (κ3) is 3.03. The van der Waals surface area contributed by atoms with Gasteiger partial charge in [0.2, 0.25) is 5.69 Å². The van der Waals surface area contributed by atoms with Crippen molar-refractivity contribution in [2.45, 2.75) is 0 Å². The number of benzene rings is 2. The molecule has 0 saturated heterocycles. The van der Waals surface area contributed by atoms with Crippen molar-refractivity contribution in [1.29, 1.82) is 0 Å². The van der Waals surface area contributed by atoms with E-state index >= 15 is 0 Å². The Kier molecular flexibility index (Phi) is 4.14. The van der Waals surface area contributed by atoms with Crippen LogP contribution in [0.15, 0.2) is 42.5 Å². The van der Waals surface area contributed by atoms with Crippen LogP contribution < -0.4 is 10.9 Å². The van der Waals surface area contributed by atoms with Crippen molar-refractivity contribution in [2.24, 2.45) is 5.84 Å². The van der Waals surface area contributed by atoms with Gasteiger partial charge in [0.05, 0.1) is 32.6 Å². The summed E-state index contributed by atoms with van der Waals surface area (Å²) >= 11 is 0. The fraction of sp³-hybridized carbons (Fsp3) is 0. The first-order valence-electron chi connectivity index (χ1n) is 6.04. The molecule has 0 aromatic heterocycles. The third-order valence-corrected chi connectivity index (χ3v) is 2.93. The Balaban J connectivity index is 2.76. The highest BCUT2D eigenvalue weighted by Gasteiger charge is 2.33. The summed E-state index contributed by atoms with van der Waals surface area (Å²) in [7, 11) is 0. The third-order valence-electron chi connectivity index (χ3n) is 2.93. The molecule has 23 heavy (non-hydrogen) atoms. The Morgan fingerprint density at radius 2 is 1.30 bits per heavy atom. The molecule has 0 aliphatic carbocycles. The molecule has 0 radical (unpaired) electrons. The number of anilines is 2. The van der Waals surface area contributed by atoms with Gasteiger partial charge in [-0.25, -0.2) is 5.84 Å². The van der Waals surface area contributed by atoms with E-state index in [1.807, 2.05) is 0 Å².